The molecule has 0 aliphatic heterocycles. The molecule has 0 heterocycles. The molecule has 0 aliphatic carbocycles. The Labute approximate surface area is 167 Å². The van der Waals surface area contributed by atoms with Crippen LogP contribution in [0.4, 0.5) is 0 Å². The Kier molecular flexibility index (Phi) is 10.5. The largest absolute Gasteiger partial charge is 0.455 e. The highest BCUT2D eigenvalue weighted by molar-refractivity contribution is 7.92. The predicted octanol–water partition coefficient (Wildman–Crippen LogP) is 2.45. The average Bonchev–Trinajstić information content (AvgIpc) is 2.64. The highest BCUT2D eigenvalue weighted by Crippen LogP contribution is 2.08. The van der Waals surface area contributed by atoms with E-state index in [-0.39, 0.29) is 6.04 Å². The maximum absolute atomic E-state index is 11.9. The van der Waals surface area contributed by atoms with E-state index in [4.69, 9.17) is 4.74 Å². The molecular weight excluding hydrogens is 380 g/mol. The molecule has 1 amide bonds. The highest BCUT2D eigenvalue weighted by atomic mass is 32.2. The zero-order chi connectivity index (χ0) is 21.0. The quantitative estimate of drug-likeness (QED) is 0.516. The zero-order valence-corrected chi connectivity index (χ0v) is 17.5. The van der Waals surface area contributed by atoms with E-state index in [0.29, 0.717) is 5.92 Å². The van der Waals surface area contributed by atoms with Crippen LogP contribution < -0.4 is 10.0 Å². The second-order valence-electron chi connectivity index (χ2n) is 7.03. The molecule has 0 aliphatic rings. The molecule has 7 nitrogen and oxygen atoms in total. The maximum Gasteiger partial charge on any atom is 0.321 e. The molecule has 0 fully saturated rings. The number of benzene rings is 1. The van der Waals surface area contributed by atoms with Crippen LogP contribution in [0.25, 0.3) is 6.08 Å². The van der Waals surface area contributed by atoms with Crippen molar-refractivity contribution in [2.75, 3.05) is 13.2 Å². The molecule has 8 heteroatoms. The van der Waals surface area contributed by atoms with Crippen LogP contribution in [0.1, 0.15) is 45.6 Å². The molecule has 0 aromatic heterocycles. The number of nitrogens with one attached hydrogen (secondary N) is 2. The van der Waals surface area contributed by atoms with Gasteiger partial charge in [-0.05, 0) is 30.9 Å². The molecule has 0 spiro atoms. The van der Waals surface area contributed by atoms with Gasteiger partial charge in [0.05, 0.1) is 0 Å². The minimum absolute atomic E-state index is 0.00780. The van der Waals surface area contributed by atoms with Crippen LogP contribution in [-0.4, -0.2) is 39.5 Å². The maximum atomic E-state index is 11.9. The van der Waals surface area contributed by atoms with E-state index in [1.807, 2.05) is 13.0 Å². The van der Waals surface area contributed by atoms with Crippen molar-refractivity contribution in [1.82, 2.24) is 10.0 Å². The molecule has 1 unspecified atom stereocenters. The van der Waals surface area contributed by atoms with Crippen molar-refractivity contribution in [3.8, 4) is 0 Å². The summed E-state index contributed by atoms with van der Waals surface area (Å²) in [6.07, 6.45) is 4.37. The Morgan fingerprint density at radius 1 is 1.11 bits per heavy atom. The number of rotatable bonds is 12. The molecule has 1 aromatic carbocycles. The van der Waals surface area contributed by atoms with Gasteiger partial charge in [0.1, 0.15) is 6.54 Å². The summed E-state index contributed by atoms with van der Waals surface area (Å²) >= 11 is 0. The lowest BCUT2D eigenvalue weighted by atomic mass is 10.0. The first kappa shape index (κ1) is 23.8. The van der Waals surface area contributed by atoms with Crippen LogP contribution in [0, 0.1) is 5.92 Å². The summed E-state index contributed by atoms with van der Waals surface area (Å²) in [4.78, 5) is 23.4. The molecule has 1 rings (SSSR count). The third kappa shape index (κ3) is 11.5. The Morgan fingerprint density at radius 2 is 1.79 bits per heavy atom. The predicted molar refractivity (Wildman–Crippen MR) is 110 cm³/mol. The standard InChI is InChI=1S/C20H30N2O5S/c1-16(2)8-7-9-17(3)22-19(23)15-27-20(24)14-21-28(25,26)13-12-18-10-5-4-6-11-18/h4-6,10-13,16-17,21H,7-9,14-15H2,1-3H3,(H,22,23)/b13-12+. The van der Waals surface area contributed by atoms with Crippen molar-refractivity contribution in [2.45, 2.75) is 46.1 Å². The van der Waals surface area contributed by atoms with Gasteiger partial charge in [-0.15, -0.1) is 0 Å². The Balaban J connectivity index is 2.28. The van der Waals surface area contributed by atoms with Gasteiger partial charge >= 0.3 is 5.97 Å². The van der Waals surface area contributed by atoms with Gasteiger partial charge in [-0.3, -0.25) is 9.59 Å². The van der Waals surface area contributed by atoms with Crippen molar-refractivity contribution in [1.29, 1.82) is 0 Å². The molecule has 156 valence electrons. The van der Waals surface area contributed by atoms with Gasteiger partial charge in [0.15, 0.2) is 6.61 Å². The lowest BCUT2D eigenvalue weighted by Gasteiger charge is -2.14. The number of hydrogen-bond donors (Lipinski definition) is 2. The summed E-state index contributed by atoms with van der Waals surface area (Å²) in [6.45, 7) is 5.21. The van der Waals surface area contributed by atoms with E-state index in [0.717, 1.165) is 30.2 Å². The topological polar surface area (TPSA) is 102 Å². The first-order valence-corrected chi connectivity index (χ1v) is 10.9. The van der Waals surface area contributed by atoms with E-state index in [1.165, 1.54) is 6.08 Å². The minimum atomic E-state index is -3.78. The smallest absolute Gasteiger partial charge is 0.321 e. The van der Waals surface area contributed by atoms with Crippen LogP contribution in [0.2, 0.25) is 0 Å². The average molecular weight is 411 g/mol. The van der Waals surface area contributed by atoms with Crippen molar-refractivity contribution < 1.29 is 22.7 Å². The summed E-state index contributed by atoms with van der Waals surface area (Å²) < 4.78 is 30.6. The van der Waals surface area contributed by atoms with Crippen LogP contribution >= 0.6 is 0 Å². The van der Waals surface area contributed by atoms with E-state index >= 15 is 0 Å². The molecule has 28 heavy (non-hydrogen) atoms. The van der Waals surface area contributed by atoms with Crippen molar-refractivity contribution in [3.05, 3.63) is 41.3 Å². The van der Waals surface area contributed by atoms with Crippen LogP contribution in [0.3, 0.4) is 0 Å². The second-order valence-corrected chi connectivity index (χ2v) is 8.68. The van der Waals surface area contributed by atoms with Gasteiger partial charge in [-0.25, -0.2) is 13.1 Å². The fourth-order valence-electron chi connectivity index (χ4n) is 2.36. The first-order valence-electron chi connectivity index (χ1n) is 9.35. The van der Waals surface area contributed by atoms with Crippen LogP contribution in [0.5, 0.6) is 0 Å². The number of hydrogen-bond acceptors (Lipinski definition) is 5. The molecule has 0 bridgehead atoms. The fraction of sp³-hybridized carbons (Fsp3) is 0.500. The Morgan fingerprint density at radius 3 is 2.43 bits per heavy atom. The Bertz CT molecular complexity index is 745. The van der Waals surface area contributed by atoms with Gasteiger partial charge in [0.2, 0.25) is 10.0 Å². The van der Waals surface area contributed by atoms with E-state index in [9.17, 15) is 18.0 Å². The van der Waals surface area contributed by atoms with E-state index < -0.39 is 35.1 Å². The molecule has 1 aromatic rings. The van der Waals surface area contributed by atoms with Crippen molar-refractivity contribution in [3.63, 3.8) is 0 Å². The van der Waals surface area contributed by atoms with E-state index in [1.54, 1.807) is 24.3 Å². The number of carbonyl (C=O) groups is 2. The molecule has 2 N–H and O–H groups in total. The molecule has 0 saturated carbocycles. The summed E-state index contributed by atoms with van der Waals surface area (Å²) in [5.41, 5.74) is 0.717. The van der Waals surface area contributed by atoms with Gasteiger partial charge in [0.25, 0.3) is 5.91 Å². The SMILES string of the molecule is CC(C)CCCC(C)NC(=O)COC(=O)CNS(=O)(=O)/C=C/c1ccccc1. The minimum Gasteiger partial charge on any atom is -0.455 e. The third-order valence-corrected chi connectivity index (χ3v) is 4.89. The molecular formula is C20H30N2O5S. The fourth-order valence-corrected chi connectivity index (χ4v) is 3.11. The normalized spacial score (nSPS) is 12.9. The monoisotopic (exact) mass is 410 g/mol. The second kappa shape index (κ2) is 12.3. The Hall–Kier alpha value is -2.19. The summed E-state index contributed by atoms with van der Waals surface area (Å²) in [7, 11) is -3.78. The third-order valence-electron chi connectivity index (χ3n) is 3.85. The summed E-state index contributed by atoms with van der Waals surface area (Å²) in [5, 5.41) is 3.73. The number of esters is 1. The van der Waals surface area contributed by atoms with Gasteiger partial charge in [-0.1, -0.05) is 57.0 Å². The molecule has 0 saturated heterocycles. The highest BCUT2D eigenvalue weighted by Gasteiger charge is 2.13. The van der Waals surface area contributed by atoms with Crippen LogP contribution in [0.15, 0.2) is 35.7 Å². The zero-order valence-electron chi connectivity index (χ0n) is 16.7. The number of sulfonamides is 1. The number of ether oxygens (including phenoxy) is 1. The first-order chi connectivity index (χ1) is 13.2. The molecule has 0 radical (unpaired) electrons. The van der Waals surface area contributed by atoms with Gasteiger partial charge in [0, 0.05) is 11.4 Å². The summed E-state index contributed by atoms with van der Waals surface area (Å²) in [6, 6.07) is 8.89. The van der Waals surface area contributed by atoms with E-state index in [2.05, 4.69) is 23.9 Å². The van der Waals surface area contributed by atoms with Crippen LogP contribution in [-0.2, 0) is 24.3 Å². The van der Waals surface area contributed by atoms with Gasteiger partial charge in [-0.2, -0.15) is 0 Å². The number of amides is 1. The number of carbonyl (C=O) groups excluding carboxylic acids is 2. The van der Waals surface area contributed by atoms with Crippen molar-refractivity contribution >= 4 is 28.0 Å². The van der Waals surface area contributed by atoms with Crippen molar-refractivity contribution in [2.24, 2.45) is 5.92 Å². The molecule has 1 atom stereocenters. The van der Waals surface area contributed by atoms with Gasteiger partial charge < -0.3 is 10.1 Å². The lowest BCUT2D eigenvalue weighted by molar-refractivity contribution is -0.147. The lowest BCUT2D eigenvalue weighted by Crippen LogP contribution is -2.37. The summed E-state index contributed by atoms with van der Waals surface area (Å²) in [5.74, 6) is -0.605.